The van der Waals surface area contributed by atoms with Crippen molar-refractivity contribution in [3.8, 4) is 0 Å². The highest BCUT2D eigenvalue weighted by Crippen LogP contribution is 2.89. The van der Waals surface area contributed by atoms with Gasteiger partial charge in [-0.2, -0.15) is 0 Å². The summed E-state index contributed by atoms with van der Waals surface area (Å²) in [5.41, 5.74) is 1.11. The summed E-state index contributed by atoms with van der Waals surface area (Å²) < 4.78 is 0. The molecule has 1 rings (SSSR count). The minimum absolute atomic E-state index is 0.00795. The average molecular weight is 407 g/mol. The van der Waals surface area contributed by atoms with Crippen LogP contribution in [0.2, 0.25) is 0 Å². The number of nitrogens with one attached hydrogen (secondary N) is 2. The number of aromatic nitrogens is 1. The van der Waals surface area contributed by atoms with Crippen molar-refractivity contribution in [1.82, 2.24) is 10.1 Å². The molecule has 0 radical (unpaired) electrons. The van der Waals surface area contributed by atoms with Crippen molar-refractivity contribution in [2.45, 2.75) is 20.3 Å². The normalized spacial score (nSPS) is 15.2. The van der Waals surface area contributed by atoms with Crippen molar-refractivity contribution in [2.24, 2.45) is 0 Å². The van der Waals surface area contributed by atoms with Crippen LogP contribution in [0.4, 0.5) is 5.13 Å². The van der Waals surface area contributed by atoms with E-state index in [0.29, 0.717) is 5.11 Å². The molecule has 1 heterocycles. The van der Waals surface area contributed by atoms with Crippen LogP contribution < -0.4 is 10.4 Å². The van der Waals surface area contributed by atoms with Crippen LogP contribution in [0.5, 0.6) is 0 Å². The minimum atomic E-state index is -0.206. The predicted octanol–water partition coefficient (Wildman–Crippen LogP) is 5.49. The van der Waals surface area contributed by atoms with Gasteiger partial charge in [0.05, 0.1) is 5.69 Å². The summed E-state index contributed by atoms with van der Waals surface area (Å²) in [7, 11) is 7.44. The second kappa shape index (κ2) is 9.82. The molecule has 0 saturated carbocycles. The molecule has 0 aromatic carbocycles. The maximum atomic E-state index is 5.39. The van der Waals surface area contributed by atoms with Gasteiger partial charge < -0.3 is 10.4 Å². The topological polar surface area (TPSA) is 37.0 Å². The van der Waals surface area contributed by atoms with E-state index in [1.807, 2.05) is 6.92 Å². The molecule has 0 bridgehead atoms. The standard InChI is InChI=1S/C8H19N3P6S2/c1-4-6-5(2)9-8(19-6)10-7(18)11-16(15-12)17(13)14-3/h14-15H,4,12-13H2,1-3H3,(H2,9,10,11,18). The molecule has 0 aliphatic carbocycles. The van der Waals surface area contributed by atoms with E-state index in [0.717, 1.165) is 33.5 Å². The quantitative estimate of drug-likeness (QED) is 0.483. The molecule has 1 aromatic heterocycles. The van der Waals surface area contributed by atoms with Crippen molar-refractivity contribution in [1.29, 1.82) is 0 Å². The van der Waals surface area contributed by atoms with Gasteiger partial charge in [0.1, 0.15) is 0 Å². The smallest absolute Gasteiger partial charge is 0.189 e. The first-order chi connectivity index (χ1) is 9.01. The van der Waals surface area contributed by atoms with E-state index in [9.17, 15) is 0 Å². The highest BCUT2D eigenvalue weighted by molar-refractivity contribution is 8.88. The largest absolute Gasteiger partial charge is 0.334 e. The second-order valence-electron chi connectivity index (χ2n) is 3.46. The summed E-state index contributed by atoms with van der Waals surface area (Å²) >= 11 is 7.09. The van der Waals surface area contributed by atoms with Crippen molar-refractivity contribution < 1.29 is 0 Å². The van der Waals surface area contributed by atoms with Crippen LogP contribution in [-0.2, 0) is 6.42 Å². The molecule has 108 valence electrons. The number of hydrogen-bond acceptors (Lipinski definition) is 3. The van der Waals surface area contributed by atoms with Crippen LogP contribution in [0.3, 0.4) is 0 Å². The molecule has 6 unspecified atom stereocenters. The van der Waals surface area contributed by atoms with Gasteiger partial charge in [0, 0.05) is 12.3 Å². The van der Waals surface area contributed by atoms with Gasteiger partial charge in [-0.25, -0.2) is 4.98 Å². The fraction of sp³-hybridized carbons (Fsp3) is 0.500. The molecule has 6 atom stereocenters. The van der Waals surface area contributed by atoms with Gasteiger partial charge in [-0.1, -0.05) is 23.2 Å². The Hall–Kier alpha value is 1.90. The lowest BCUT2D eigenvalue weighted by atomic mass is 10.3. The van der Waals surface area contributed by atoms with Gasteiger partial charge in [-0.05, 0) is 39.2 Å². The van der Waals surface area contributed by atoms with Crippen LogP contribution in [0.1, 0.15) is 17.5 Å². The van der Waals surface area contributed by atoms with E-state index in [1.54, 1.807) is 11.3 Å². The molecule has 3 nitrogen and oxygen atoms in total. The molecular formula is C8H19N3P6S2. The third-order valence-corrected chi connectivity index (χ3v) is 28.5. The summed E-state index contributed by atoms with van der Waals surface area (Å²) in [6.07, 6.45) is 1.03. The Morgan fingerprint density at radius 1 is 1.58 bits per heavy atom. The zero-order chi connectivity index (χ0) is 14.4. The van der Waals surface area contributed by atoms with E-state index in [-0.39, 0.29) is 14.4 Å². The Morgan fingerprint density at radius 2 is 2.26 bits per heavy atom. The van der Waals surface area contributed by atoms with E-state index < -0.39 is 0 Å². The number of aryl methyl sites for hydroxylation is 2. The monoisotopic (exact) mass is 407 g/mol. The second-order valence-corrected chi connectivity index (χ2v) is 23.6. The first kappa shape index (κ1) is 18.9. The SMILES string of the molecule is CCc1sc(NC(=S)NP(PP)P(P)PC)nc1C. The summed E-state index contributed by atoms with van der Waals surface area (Å²) in [5, 5.41) is 8.31. The van der Waals surface area contributed by atoms with Crippen LogP contribution in [0.25, 0.3) is 0 Å². The van der Waals surface area contributed by atoms with Gasteiger partial charge in [0.15, 0.2) is 10.2 Å². The number of thiazole rings is 1. The molecular weight excluding hydrogens is 388 g/mol. The Morgan fingerprint density at radius 3 is 2.74 bits per heavy atom. The molecule has 1 aromatic rings. The third kappa shape index (κ3) is 6.27. The maximum absolute atomic E-state index is 5.39. The molecule has 0 fully saturated rings. The summed E-state index contributed by atoms with van der Waals surface area (Å²) in [5.74, 6) is 0. The highest BCUT2D eigenvalue weighted by Gasteiger charge is 2.15. The first-order valence-corrected chi connectivity index (χ1v) is 17.8. The van der Waals surface area contributed by atoms with Gasteiger partial charge in [0.25, 0.3) is 0 Å². The molecule has 0 aliphatic heterocycles. The number of thiocarbonyl (C=S) groups is 1. The zero-order valence-corrected chi connectivity index (χ0v) is 18.8. The van der Waals surface area contributed by atoms with Crippen molar-refractivity contribution >= 4 is 82.3 Å². The number of nitrogens with zero attached hydrogens (tertiary/aromatic N) is 1. The summed E-state index contributed by atoms with van der Waals surface area (Å²) in [6, 6.07) is 0. The van der Waals surface area contributed by atoms with Crippen molar-refractivity contribution in [3.63, 3.8) is 0 Å². The van der Waals surface area contributed by atoms with Crippen molar-refractivity contribution in [2.75, 3.05) is 12.0 Å². The molecule has 11 heteroatoms. The van der Waals surface area contributed by atoms with E-state index in [4.69, 9.17) is 12.2 Å². The predicted molar refractivity (Wildman–Crippen MR) is 111 cm³/mol. The van der Waals surface area contributed by atoms with Crippen LogP contribution in [0, 0.1) is 6.92 Å². The maximum Gasteiger partial charge on any atom is 0.189 e. The summed E-state index contributed by atoms with van der Waals surface area (Å²) in [6.45, 7) is 6.45. The molecule has 0 amide bonds. The number of hydrogen-bond donors (Lipinski definition) is 2. The van der Waals surface area contributed by atoms with Gasteiger partial charge in [-0.15, -0.1) is 29.2 Å². The Bertz CT molecular complexity index is 429. The molecule has 0 spiro atoms. The fourth-order valence-electron chi connectivity index (χ4n) is 1.28. The number of rotatable bonds is 6. The third-order valence-electron chi connectivity index (χ3n) is 2.21. The minimum Gasteiger partial charge on any atom is -0.334 e. The van der Waals surface area contributed by atoms with Crippen LogP contribution >= 0.6 is 72.1 Å². The van der Waals surface area contributed by atoms with Crippen molar-refractivity contribution in [3.05, 3.63) is 10.6 Å². The summed E-state index contributed by atoms with van der Waals surface area (Å²) in [4.78, 5) is 5.83. The van der Waals surface area contributed by atoms with E-state index >= 15 is 0 Å². The van der Waals surface area contributed by atoms with E-state index in [1.165, 1.54) is 4.88 Å². The van der Waals surface area contributed by atoms with Gasteiger partial charge in [0.2, 0.25) is 0 Å². The molecule has 2 N–H and O–H groups in total. The lowest BCUT2D eigenvalue weighted by Crippen LogP contribution is -2.22. The van der Waals surface area contributed by atoms with Crippen LogP contribution in [-0.4, -0.2) is 16.8 Å². The van der Waals surface area contributed by atoms with Gasteiger partial charge >= 0.3 is 0 Å². The average Bonchev–Trinajstić information content (AvgIpc) is 2.74. The fourth-order valence-corrected chi connectivity index (χ4v) is 26.5. The Balaban J connectivity index is 2.58. The van der Waals surface area contributed by atoms with Gasteiger partial charge in [-0.3, -0.25) is 0 Å². The van der Waals surface area contributed by atoms with Crippen LogP contribution in [0.15, 0.2) is 0 Å². The zero-order valence-electron chi connectivity index (χ0n) is 11.0. The highest BCUT2D eigenvalue weighted by atomic mass is 32.9. The van der Waals surface area contributed by atoms with E-state index in [2.05, 4.69) is 46.8 Å². The first-order valence-electron chi connectivity index (χ1n) is 5.54. The Kier molecular flexibility index (Phi) is 9.80. The Labute approximate surface area is 135 Å². The molecule has 0 aliphatic rings. The molecule has 0 saturated heterocycles. The number of anilines is 1. The molecule has 19 heavy (non-hydrogen) atoms. The lowest BCUT2D eigenvalue weighted by molar-refractivity contribution is 1.11. The lowest BCUT2D eigenvalue weighted by Gasteiger charge is -2.23.